The molecule has 1 aliphatic heterocycles. The number of ether oxygens (including phenoxy) is 1. The summed E-state index contributed by atoms with van der Waals surface area (Å²) in [6.07, 6.45) is 3.73. The van der Waals surface area contributed by atoms with Gasteiger partial charge < -0.3 is 4.74 Å². The van der Waals surface area contributed by atoms with Gasteiger partial charge in [0.25, 0.3) is 0 Å². The average molecular weight is 641 g/mol. The fraction of sp³-hybridized carbons (Fsp3) is 0.0222. The predicted molar refractivity (Wildman–Crippen MR) is 197 cm³/mol. The van der Waals surface area contributed by atoms with Crippen LogP contribution in [0.3, 0.4) is 0 Å². The summed E-state index contributed by atoms with van der Waals surface area (Å²) in [6, 6.07) is 54.7. The zero-order valence-electron chi connectivity index (χ0n) is 26.9. The Bertz CT molecular complexity index is 2470. The Morgan fingerprint density at radius 3 is 1.42 bits per heavy atom. The summed E-state index contributed by atoms with van der Waals surface area (Å²) in [5.41, 5.74) is 11.4. The Kier molecular flexibility index (Phi) is 6.33. The first-order valence-electron chi connectivity index (χ1n) is 16.7. The molecule has 0 radical (unpaired) electrons. The minimum Gasteiger partial charge on any atom is -0.457 e. The van der Waals surface area contributed by atoms with E-state index in [1.54, 1.807) is 0 Å². The molecule has 0 amide bonds. The van der Waals surface area contributed by atoms with Gasteiger partial charge in [0, 0.05) is 45.8 Å². The van der Waals surface area contributed by atoms with Gasteiger partial charge in [-0.3, -0.25) is 4.98 Å². The Morgan fingerprint density at radius 1 is 0.380 bits per heavy atom. The molecule has 0 N–H and O–H groups in total. The molecule has 5 heteroatoms. The number of pyridine rings is 1. The first-order valence-corrected chi connectivity index (χ1v) is 16.7. The molecule has 3 heterocycles. The molecule has 0 bridgehead atoms. The number of hydrogen-bond donors (Lipinski definition) is 0. The molecule has 0 atom stereocenters. The highest BCUT2D eigenvalue weighted by Gasteiger charge is 2.51. The highest BCUT2D eigenvalue weighted by atomic mass is 16.5. The molecular formula is C45H28N4O. The summed E-state index contributed by atoms with van der Waals surface area (Å²) in [7, 11) is 0. The van der Waals surface area contributed by atoms with Crippen LogP contribution in [0.1, 0.15) is 22.3 Å². The summed E-state index contributed by atoms with van der Waals surface area (Å²) < 4.78 is 6.56. The van der Waals surface area contributed by atoms with Gasteiger partial charge in [-0.15, -0.1) is 0 Å². The number of para-hydroxylation sites is 2. The lowest BCUT2D eigenvalue weighted by Crippen LogP contribution is -2.32. The molecule has 2 aliphatic rings. The summed E-state index contributed by atoms with van der Waals surface area (Å²) >= 11 is 0. The summed E-state index contributed by atoms with van der Waals surface area (Å²) in [5, 5.41) is 0. The third-order valence-electron chi connectivity index (χ3n) is 9.89. The normalized spacial score (nSPS) is 13.1. The van der Waals surface area contributed by atoms with Crippen LogP contribution in [0.5, 0.6) is 11.5 Å². The minimum absolute atomic E-state index is 0.578. The fourth-order valence-electron chi connectivity index (χ4n) is 7.70. The fourth-order valence-corrected chi connectivity index (χ4v) is 7.70. The molecule has 6 aromatic carbocycles. The lowest BCUT2D eigenvalue weighted by Gasteiger charge is -2.39. The average Bonchev–Trinajstić information content (AvgIpc) is 3.48. The van der Waals surface area contributed by atoms with Crippen LogP contribution >= 0.6 is 0 Å². The van der Waals surface area contributed by atoms with Gasteiger partial charge in [-0.05, 0) is 58.1 Å². The molecule has 8 aromatic rings. The van der Waals surface area contributed by atoms with Crippen molar-refractivity contribution in [2.24, 2.45) is 0 Å². The van der Waals surface area contributed by atoms with E-state index in [1.807, 2.05) is 91.3 Å². The van der Waals surface area contributed by atoms with Gasteiger partial charge >= 0.3 is 0 Å². The van der Waals surface area contributed by atoms with Crippen molar-refractivity contribution in [1.82, 2.24) is 19.9 Å². The maximum atomic E-state index is 6.56. The van der Waals surface area contributed by atoms with Crippen LogP contribution in [-0.2, 0) is 5.41 Å². The van der Waals surface area contributed by atoms with E-state index in [2.05, 4.69) is 83.8 Å². The van der Waals surface area contributed by atoms with Crippen LogP contribution in [-0.4, -0.2) is 19.9 Å². The van der Waals surface area contributed by atoms with Crippen molar-refractivity contribution in [2.45, 2.75) is 5.41 Å². The summed E-state index contributed by atoms with van der Waals surface area (Å²) in [6.45, 7) is 0. The van der Waals surface area contributed by atoms with Crippen molar-refractivity contribution >= 4 is 0 Å². The van der Waals surface area contributed by atoms with Gasteiger partial charge in [0.15, 0.2) is 17.5 Å². The molecule has 0 unspecified atom stereocenters. The maximum absolute atomic E-state index is 6.56. The van der Waals surface area contributed by atoms with E-state index in [0.29, 0.717) is 17.5 Å². The van der Waals surface area contributed by atoms with E-state index < -0.39 is 5.41 Å². The molecule has 0 saturated carbocycles. The zero-order valence-corrected chi connectivity index (χ0v) is 26.9. The zero-order chi connectivity index (χ0) is 33.1. The Morgan fingerprint density at radius 2 is 0.860 bits per heavy atom. The highest BCUT2D eigenvalue weighted by molar-refractivity contribution is 5.92. The Labute approximate surface area is 289 Å². The molecular weight excluding hydrogens is 613 g/mol. The van der Waals surface area contributed by atoms with Crippen molar-refractivity contribution in [3.8, 4) is 67.9 Å². The van der Waals surface area contributed by atoms with Crippen LogP contribution in [0.2, 0.25) is 0 Å². The SMILES string of the molecule is c1ccc(-c2nc(-c3ccccc3)nc(-c3ccc4c(c3)-c3cc(-c5cccnc5)ccc3C43c4ccccc4Oc4ccccc43)n2)cc1. The molecule has 1 spiro atoms. The Balaban J connectivity index is 1.25. The molecule has 1 aliphatic carbocycles. The number of hydrogen-bond acceptors (Lipinski definition) is 5. The number of fused-ring (bicyclic) bond motifs is 9. The highest BCUT2D eigenvalue weighted by Crippen LogP contribution is 2.62. The van der Waals surface area contributed by atoms with Gasteiger partial charge in [-0.2, -0.15) is 0 Å². The molecule has 0 saturated heterocycles. The van der Waals surface area contributed by atoms with Crippen LogP contribution in [0.4, 0.5) is 0 Å². The Hall–Kier alpha value is -6.72. The van der Waals surface area contributed by atoms with E-state index in [9.17, 15) is 0 Å². The second-order valence-electron chi connectivity index (χ2n) is 12.6. The van der Waals surface area contributed by atoms with Crippen molar-refractivity contribution in [3.63, 3.8) is 0 Å². The smallest absolute Gasteiger partial charge is 0.164 e. The van der Waals surface area contributed by atoms with Crippen LogP contribution in [0.25, 0.3) is 56.4 Å². The first-order chi connectivity index (χ1) is 24.8. The van der Waals surface area contributed by atoms with Crippen molar-refractivity contribution in [2.75, 3.05) is 0 Å². The van der Waals surface area contributed by atoms with Crippen molar-refractivity contribution < 1.29 is 4.74 Å². The van der Waals surface area contributed by atoms with Gasteiger partial charge in [0.1, 0.15) is 11.5 Å². The van der Waals surface area contributed by atoms with Crippen molar-refractivity contribution in [1.29, 1.82) is 0 Å². The van der Waals surface area contributed by atoms with E-state index >= 15 is 0 Å². The topological polar surface area (TPSA) is 60.8 Å². The maximum Gasteiger partial charge on any atom is 0.164 e. The quantitative estimate of drug-likeness (QED) is 0.192. The van der Waals surface area contributed by atoms with E-state index in [4.69, 9.17) is 19.7 Å². The number of aromatic nitrogens is 4. The molecule has 5 nitrogen and oxygen atoms in total. The standard InChI is InChI=1S/C45H28N4O/c1-3-12-29(13-4-1)42-47-43(30-14-5-2-6-15-30)49-44(48-42)32-22-24-37-35(27-32)34-26-31(33-16-11-25-46-28-33)21-23-36(34)45(37)38-17-7-9-19-40(38)50-41-20-10-8-18-39(41)45/h1-28H. The third-order valence-corrected chi connectivity index (χ3v) is 9.89. The van der Waals surface area contributed by atoms with Crippen LogP contribution in [0.15, 0.2) is 170 Å². The molecule has 10 rings (SSSR count). The molecule has 50 heavy (non-hydrogen) atoms. The third kappa shape index (κ3) is 4.27. The lowest BCUT2D eigenvalue weighted by atomic mass is 9.66. The summed E-state index contributed by atoms with van der Waals surface area (Å²) in [5.74, 6) is 3.63. The summed E-state index contributed by atoms with van der Waals surface area (Å²) in [4.78, 5) is 19.5. The van der Waals surface area contributed by atoms with Crippen LogP contribution in [0, 0.1) is 0 Å². The lowest BCUT2D eigenvalue weighted by molar-refractivity contribution is 0.436. The molecule has 234 valence electrons. The van der Waals surface area contributed by atoms with E-state index in [1.165, 1.54) is 11.1 Å². The van der Waals surface area contributed by atoms with E-state index in [-0.39, 0.29) is 0 Å². The molecule has 2 aromatic heterocycles. The monoisotopic (exact) mass is 640 g/mol. The van der Waals surface area contributed by atoms with E-state index in [0.717, 1.165) is 61.6 Å². The number of rotatable bonds is 4. The second-order valence-corrected chi connectivity index (χ2v) is 12.6. The molecule has 0 fully saturated rings. The number of benzene rings is 6. The largest absolute Gasteiger partial charge is 0.457 e. The number of nitrogens with zero attached hydrogens (tertiary/aromatic N) is 4. The van der Waals surface area contributed by atoms with Gasteiger partial charge in [-0.25, -0.2) is 15.0 Å². The predicted octanol–water partition coefficient (Wildman–Crippen LogP) is 10.4. The second kappa shape index (κ2) is 11.2. The van der Waals surface area contributed by atoms with Gasteiger partial charge in [0.2, 0.25) is 0 Å². The van der Waals surface area contributed by atoms with Crippen molar-refractivity contribution in [3.05, 3.63) is 192 Å². The van der Waals surface area contributed by atoms with Gasteiger partial charge in [-0.1, -0.05) is 127 Å². The minimum atomic E-state index is -0.578. The van der Waals surface area contributed by atoms with Crippen LogP contribution < -0.4 is 4.74 Å². The first kappa shape index (κ1) is 28.3. The van der Waals surface area contributed by atoms with Gasteiger partial charge in [0.05, 0.1) is 5.41 Å².